The van der Waals surface area contributed by atoms with Crippen molar-refractivity contribution in [2.24, 2.45) is 0 Å². The van der Waals surface area contributed by atoms with Crippen LogP contribution >= 0.6 is 36.2 Å². The fourth-order valence-electron chi connectivity index (χ4n) is 4.21. The first-order valence-corrected chi connectivity index (χ1v) is 10.6. The van der Waals surface area contributed by atoms with Gasteiger partial charge in [0.25, 0.3) is 0 Å². The Bertz CT molecular complexity index is 890. The zero-order valence-corrected chi connectivity index (χ0v) is 18.3. The van der Waals surface area contributed by atoms with Crippen LogP contribution in [0.3, 0.4) is 0 Å². The van der Waals surface area contributed by atoms with Crippen LogP contribution in [0.15, 0.2) is 23.8 Å². The monoisotopic (exact) mass is 439 g/mol. The quantitative estimate of drug-likeness (QED) is 0.659. The number of aromatic nitrogens is 4. The summed E-state index contributed by atoms with van der Waals surface area (Å²) in [7, 11) is 0. The summed E-state index contributed by atoms with van der Waals surface area (Å²) in [6, 6.07) is 2.20. The Kier molecular flexibility index (Phi) is 7.20. The number of hydrogen-bond donors (Lipinski definition) is 1. The molecule has 0 aromatic carbocycles. The molecule has 8 heteroatoms. The molecule has 3 aromatic rings. The van der Waals surface area contributed by atoms with Gasteiger partial charge in [-0.25, -0.2) is 4.98 Å². The maximum Gasteiger partial charge on any atom is 0.160 e. The van der Waals surface area contributed by atoms with E-state index in [1.54, 1.807) is 16.0 Å². The molecule has 0 saturated heterocycles. The van der Waals surface area contributed by atoms with Gasteiger partial charge in [-0.2, -0.15) is 5.10 Å². The van der Waals surface area contributed by atoms with Crippen molar-refractivity contribution < 1.29 is 0 Å². The Balaban J connectivity index is 0.00000112. The molecular formula is C20H27Cl2N5S. The molecule has 5 nitrogen and oxygen atoms in total. The number of fused-ring (bicyclic) bond motifs is 2. The molecule has 3 aromatic heterocycles. The first-order valence-electron chi connectivity index (χ1n) is 9.75. The summed E-state index contributed by atoms with van der Waals surface area (Å²) in [5.41, 5.74) is 5.46. The van der Waals surface area contributed by atoms with Crippen molar-refractivity contribution in [3.05, 3.63) is 45.5 Å². The minimum atomic E-state index is 0. The minimum Gasteiger partial charge on any atom is -0.329 e. The second kappa shape index (κ2) is 9.44. The summed E-state index contributed by atoms with van der Waals surface area (Å²) in [6.07, 6.45) is 11.5. The predicted octanol–water partition coefficient (Wildman–Crippen LogP) is 4.27. The van der Waals surface area contributed by atoms with E-state index < -0.39 is 0 Å². The van der Waals surface area contributed by atoms with E-state index in [-0.39, 0.29) is 24.8 Å². The highest BCUT2D eigenvalue weighted by molar-refractivity contribution is 7.10. The predicted molar refractivity (Wildman–Crippen MR) is 119 cm³/mol. The molecule has 0 bridgehead atoms. The van der Waals surface area contributed by atoms with Gasteiger partial charge in [0, 0.05) is 36.9 Å². The first-order chi connectivity index (χ1) is 12.9. The maximum absolute atomic E-state index is 4.82. The molecule has 1 N–H and O–H groups in total. The summed E-state index contributed by atoms with van der Waals surface area (Å²) >= 11 is 1.96. The Hall–Kier alpha value is -1.34. The average molecular weight is 440 g/mol. The molecular weight excluding hydrogens is 413 g/mol. The van der Waals surface area contributed by atoms with E-state index in [0.29, 0.717) is 0 Å². The van der Waals surface area contributed by atoms with Gasteiger partial charge in [-0.05, 0) is 67.6 Å². The number of imidazole rings is 1. The van der Waals surface area contributed by atoms with Crippen molar-refractivity contribution in [2.45, 2.75) is 58.2 Å². The highest BCUT2D eigenvalue weighted by Gasteiger charge is 2.17. The van der Waals surface area contributed by atoms with E-state index in [0.717, 1.165) is 50.5 Å². The van der Waals surface area contributed by atoms with Crippen LogP contribution in [0.25, 0.3) is 11.5 Å². The molecule has 1 aliphatic heterocycles. The number of halogens is 2. The van der Waals surface area contributed by atoms with Crippen LogP contribution in [0.5, 0.6) is 0 Å². The maximum atomic E-state index is 4.82. The molecule has 0 fully saturated rings. The molecule has 0 spiro atoms. The molecule has 28 heavy (non-hydrogen) atoms. The van der Waals surface area contributed by atoms with Gasteiger partial charge in [0.2, 0.25) is 0 Å². The third-order valence-corrected chi connectivity index (χ3v) is 6.75. The van der Waals surface area contributed by atoms with Gasteiger partial charge in [-0.1, -0.05) is 0 Å². The van der Waals surface area contributed by atoms with E-state index in [1.165, 1.54) is 31.4 Å². The lowest BCUT2D eigenvalue weighted by atomic mass is 9.95. The average Bonchev–Trinajstić information content (AvgIpc) is 3.35. The van der Waals surface area contributed by atoms with Crippen molar-refractivity contribution in [3.63, 3.8) is 0 Å². The van der Waals surface area contributed by atoms with E-state index >= 15 is 0 Å². The number of hydrogen-bond acceptors (Lipinski definition) is 4. The van der Waals surface area contributed by atoms with Gasteiger partial charge < -0.3 is 9.88 Å². The van der Waals surface area contributed by atoms with E-state index in [2.05, 4.69) is 37.2 Å². The normalized spacial score (nSPS) is 15.7. The van der Waals surface area contributed by atoms with Crippen LogP contribution < -0.4 is 5.32 Å². The molecule has 2 aliphatic rings. The topological polar surface area (TPSA) is 47.7 Å². The van der Waals surface area contributed by atoms with E-state index in [4.69, 9.17) is 5.10 Å². The number of nitrogens with one attached hydrogen (secondary N) is 1. The number of nitrogens with zero attached hydrogens (tertiary/aromatic N) is 4. The second-order valence-corrected chi connectivity index (χ2v) is 8.30. The van der Waals surface area contributed by atoms with Crippen LogP contribution in [-0.4, -0.2) is 25.9 Å². The molecule has 0 unspecified atom stereocenters. The highest BCUT2D eigenvalue weighted by atomic mass is 35.5. The summed E-state index contributed by atoms with van der Waals surface area (Å²) in [6.45, 7) is 3.93. The Morgan fingerprint density at radius 3 is 2.96 bits per heavy atom. The molecule has 0 amide bonds. The van der Waals surface area contributed by atoms with Crippen LogP contribution in [0.1, 0.15) is 41.0 Å². The second-order valence-electron chi connectivity index (χ2n) is 7.34. The van der Waals surface area contributed by atoms with Gasteiger partial charge in [0.05, 0.1) is 5.69 Å². The van der Waals surface area contributed by atoms with E-state index in [1.807, 2.05) is 17.5 Å². The van der Waals surface area contributed by atoms with Gasteiger partial charge in [0.1, 0.15) is 5.69 Å². The van der Waals surface area contributed by atoms with Crippen molar-refractivity contribution in [1.82, 2.24) is 24.6 Å². The van der Waals surface area contributed by atoms with Gasteiger partial charge >= 0.3 is 0 Å². The van der Waals surface area contributed by atoms with Crippen molar-refractivity contribution in [1.29, 1.82) is 0 Å². The molecule has 0 atom stereocenters. The SMILES string of the molecule is Cl.Cl.c1cn(CCc2csc3c2CCCC3)c(-c2cc3n(n2)CCCNC3)n1. The van der Waals surface area contributed by atoms with E-state index in [9.17, 15) is 0 Å². The van der Waals surface area contributed by atoms with Gasteiger partial charge in [0.15, 0.2) is 5.82 Å². The zero-order valence-electron chi connectivity index (χ0n) is 15.9. The lowest BCUT2D eigenvalue weighted by Gasteiger charge is -2.13. The fraction of sp³-hybridized carbons (Fsp3) is 0.500. The molecule has 4 heterocycles. The fourth-order valence-corrected chi connectivity index (χ4v) is 5.39. The number of aryl methyl sites for hydroxylation is 4. The number of thiophene rings is 1. The standard InChI is InChI=1S/C20H25N5S.2ClH/c1-2-5-19-17(4-1)15(14-26-19)6-10-24-11-8-22-20(24)18-12-16-13-21-7-3-9-25(16)23-18;;/h8,11-12,14,21H,1-7,9-10,13H2;2*1H. The summed E-state index contributed by atoms with van der Waals surface area (Å²) < 4.78 is 4.41. The van der Waals surface area contributed by atoms with Crippen LogP contribution in [0.2, 0.25) is 0 Å². The molecule has 1 aliphatic carbocycles. The minimum absolute atomic E-state index is 0. The third kappa shape index (κ3) is 4.15. The smallest absolute Gasteiger partial charge is 0.160 e. The van der Waals surface area contributed by atoms with Gasteiger partial charge in [-0.15, -0.1) is 36.2 Å². The largest absolute Gasteiger partial charge is 0.329 e. The molecule has 0 radical (unpaired) electrons. The summed E-state index contributed by atoms with van der Waals surface area (Å²) in [5.74, 6) is 0.995. The molecule has 5 rings (SSSR count). The lowest BCUT2D eigenvalue weighted by Crippen LogP contribution is -2.11. The Morgan fingerprint density at radius 1 is 1.14 bits per heavy atom. The lowest BCUT2D eigenvalue weighted by molar-refractivity contribution is 0.587. The first kappa shape index (κ1) is 21.4. The Morgan fingerprint density at radius 2 is 2.04 bits per heavy atom. The van der Waals surface area contributed by atoms with Gasteiger partial charge in [-0.3, -0.25) is 4.68 Å². The zero-order chi connectivity index (χ0) is 17.3. The summed E-state index contributed by atoms with van der Waals surface area (Å²) in [5, 5.41) is 10.7. The van der Waals surface area contributed by atoms with Crippen molar-refractivity contribution in [2.75, 3.05) is 6.54 Å². The van der Waals surface area contributed by atoms with Crippen molar-refractivity contribution in [3.8, 4) is 11.5 Å². The van der Waals surface area contributed by atoms with Crippen molar-refractivity contribution >= 4 is 36.2 Å². The van der Waals surface area contributed by atoms with Crippen LogP contribution in [0.4, 0.5) is 0 Å². The Labute approximate surface area is 182 Å². The molecule has 0 saturated carbocycles. The number of rotatable bonds is 4. The van der Waals surface area contributed by atoms with Crippen LogP contribution in [-0.2, 0) is 38.9 Å². The summed E-state index contributed by atoms with van der Waals surface area (Å²) in [4.78, 5) is 6.24. The highest BCUT2D eigenvalue weighted by Crippen LogP contribution is 2.31. The van der Waals surface area contributed by atoms with Crippen LogP contribution in [0, 0.1) is 0 Å². The third-order valence-electron chi connectivity index (χ3n) is 5.61. The molecule has 152 valence electrons.